The normalized spacial score (nSPS) is 21.9. The largest absolute Gasteiger partial charge is 0.468 e. The van der Waals surface area contributed by atoms with Gasteiger partial charge in [-0.15, -0.1) is 0 Å². The number of rotatable bonds is 6. The summed E-state index contributed by atoms with van der Waals surface area (Å²) in [6, 6.07) is 10.1. The fourth-order valence-corrected chi connectivity index (χ4v) is 3.43. The molecule has 21 heavy (non-hydrogen) atoms. The number of Topliss-reactive ketones (excluding diaryl/α,β-unsaturated/α-hetero) is 1. The van der Waals surface area contributed by atoms with Crippen LogP contribution in [0.4, 0.5) is 0 Å². The maximum Gasteiger partial charge on any atom is 0.319 e. The van der Waals surface area contributed by atoms with Crippen LogP contribution in [0.5, 0.6) is 0 Å². The first-order valence-electron chi connectivity index (χ1n) is 7.17. The van der Waals surface area contributed by atoms with Crippen molar-refractivity contribution in [2.24, 2.45) is 5.41 Å². The molecule has 1 aliphatic rings. The number of allylic oxidation sites excluding steroid dienone is 1. The first-order valence-corrected chi connectivity index (χ1v) is 8.05. The molecule has 0 amide bonds. The lowest BCUT2D eigenvalue weighted by atomic mass is 9.80. The van der Waals surface area contributed by atoms with Crippen molar-refractivity contribution in [3.8, 4) is 0 Å². The van der Waals surface area contributed by atoms with E-state index in [1.54, 1.807) is 11.8 Å². The average Bonchev–Trinajstić information content (AvgIpc) is 2.89. The van der Waals surface area contributed by atoms with E-state index in [-0.39, 0.29) is 11.8 Å². The molecule has 0 N–H and O–H groups in total. The summed E-state index contributed by atoms with van der Waals surface area (Å²) < 4.78 is 4.85. The molecule has 1 aromatic rings. The highest BCUT2D eigenvalue weighted by Crippen LogP contribution is 2.40. The Morgan fingerprint density at radius 2 is 2.14 bits per heavy atom. The van der Waals surface area contributed by atoms with Crippen molar-refractivity contribution in [2.75, 3.05) is 7.11 Å². The van der Waals surface area contributed by atoms with Crippen molar-refractivity contribution in [1.29, 1.82) is 0 Å². The van der Waals surface area contributed by atoms with Crippen molar-refractivity contribution >= 4 is 23.5 Å². The molecule has 0 radical (unpaired) electrons. The Kier molecular flexibility index (Phi) is 5.62. The minimum atomic E-state index is -0.892. The van der Waals surface area contributed by atoms with Gasteiger partial charge in [-0.05, 0) is 43.2 Å². The van der Waals surface area contributed by atoms with Crippen LogP contribution >= 0.6 is 11.8 Å². The Morgan fingerprint density at radius 1 is 1.38 bits per heavy atom. The van der Waals surface area contributed by atoms with Crippen LogP contribution in [0.3, 0.4) is 0 Å². The molecule has 0 saturated heterocycles. The highest BCUT2D eigenvalue weighted by Gasteiger charge is 2.48. The Morgan fingerprint density at radius 3 is 2.76 bits per heavy atom. The predicted molar refractivity (Wildman–Crippen MR) is 84.0 cm³/mol. The highest BCUT2D eigenvalue weighted by atomic mass is 32.2. The summed E-state index contributed by atoms with van der Waals surface area (Å²) in [6.07, 6.45) is 5.19. The summed E-state index contributed by atoms with van der Waals surface area (Å²) in [5.74, 6) is -0.326. The van der Waals surface area contributed by atoms with Crippen LogP contribution in [0.25, 0.3) is 0 Å². The zero-order valence-corrected chi connectivity index (χ0v) is 13.0. The second kappa shape index (κ2) is 7.46. The van der Waals surface area contributed by atoms with Gasteiger partial charge in [-0.2, -0.15) is 0 Å². The lowest BCUT2D eigenvalue weighted by Gasteiger charge is -2.23. The molecular formula is C17H20O3S. The Labute approximate surface area is 129 Å². The molecule has 3 nitrogen and oxygen atoms in total. The quantitative estimate of drug-likeness (QED) is 0.453. The van der Waals surface area contributed by atoms with Gasteiger partial charge in [0.15, 0.2) is 0 Å². The number of ketones is 1. The van der Waals surface area contributed by atoms with Crippen molar-refractivity contribution in [3.63, 3.8) is 0 Å². The van der Waals surface area contributed by atoms with E-state index in [2.05, 4.69) is 0 Å². The first kappa shape index (κ1) is 15.8. The summed E-state index contributed by atoms with van der Waals surface area (Å²) in [4.78, 5) is 25.2. The van der Waals surface area contributed by atoms with Crippen LogP contribution in [0, 0.1) is 5.41 Å². The van der Waals surface area contributed by atoms with Gasteiger partial charge in [0.2, 0.25) is 0 Å². The van der Waals surface area contributed by atoms with Gasteiger partial charge >= 0.3 is 5.97 Å². The van der Waals surface area contributed by atoms with Gasteiger partial charge in [-0.25, -0.2) is 0 Å². The number of carbonyl (C=O) groups is 2. The smallest absolute Gasteiger partial charge is 0.319 e. The molecule has 1 saturated carbocycles. The summed E-state index contributed by atoms with van der Waals surface area (Å²) in [6.45, 7) is 0. The number of thioether (sulfide) groups is 1. The van der Waals surface area contributed by atoms with E-state index >= 15 is 0 Å². The van der Waals surface area contributed by atoms with Gasteiger partial charge < -0.3 is 4.74 Å². The number of carbonyl (C=O) groups excluding carboxylic acids is 2. The van der Waals surface area contributed by atoms with E-state index in [4.69, 9.17) is 4.74 Å². The second-order valence-corrected chi connectivity index (χ2v) is 6.17. The molecule has 4 heteroatoms. The number of hydrogen-bond acceptors (Lipinski definition) is 4. The fraction of sp³-hybridized carbons (Fsp3) is 0.412. The third-order valence-corrected chi connectivity index (χ3v) is 4.77. The number of ether oxygens (including phenoxy) is 1. The molecule has 1 unspecified atom stereocenters. The molecule has 0 aliphatic heterocycles. The van der Waals surface area contributed by atoms with Crippen LogP contribution in [-0.2, 0) is 14.3 Å². The van der Waals surface area contributed by atoms with Gasteiger partial charge in [0.25, 0.3) is 0 Å². The minimum Gasteiger partial charge on any atom is -0.468 e. The van der Waals surface area contributed by atoms with E-state index in [0.717, 1.165) is 6.42 Å². The van der Waals surface area contributed by atoms with E-state index in [9.17, 15) is 9.59 Å². The van der Waals surface area contributed by atoms with Gasteiger partial charge in [-0.1, -0.05) is 36.0 Å². The Bertz CT molecular complexity index is 524. The molecule has 0 aromatic heterocycles. The minimum absolute atomic E-state index is 0.0402. The van der Waals surface area contributed by atoms with Crippen LogP contribution < -0.4 is 0 Å². The third-order valence-electron chi connectivity index (χ3n) is 3.90. The molecule has 0 bridgehead atoms. The lowest BCUT2D eigenvalue weighted by Crippen LogP contribution is -2.36. The van der Waals surface area contributed by atoms with E-state index in [0.29, 0.717) is 25.7 Å². The van der Waals surface area contributed by atoms with Crippen LogP contribution in [0.1, 0.15) is 32.1 Å². The van der Waals surface area contributed by atoms with Crippen molar-refractivity contribution in [2.45, 2.75) is 37.0 Å². The van der Waals surface area contributed by atoms with Crippen LogP contribution in [0.2, 0.25) is 0 Å². The summed E-state index contributed by atoms with van der Waals surface area (Å²) in [5, 5.41) is 2.01. The maximum atomic E-state index is 12.1. The Hall–Kier alpha value is -1.55. The predicted octanol–water partition coefficient (Wildman–Crippen LogP) is 3.99. The van der Waals surface area contributed by atoms with Crippen LogP contribution in [0.15, 0.2) is 46.7 Å². The van der Waals surface area contributed by atoms with Gasteiger partial charge in [0, 0.05) is 11.3 Å². The average molecular weight is 304 g/mol. The van der Waals surface area contributed by atoms with Crippen molar-refractivity contribution in [3.05, 3.63) is 41.8 Å². The van der Waals surface area contributed by atoms with Gasteiger partial charge in [0.05, 0.1) is 7.11 Å². The van der Waals surface area contributed by atoms with Gasteiger partial charge in [0.1, 0.15) is 11.2 Å². The Balaban J connectivity index is 1.88. The van der Waals surface area contributed by atoms with E-state index < -0.39 is 5.41 Å². The molecular weight excluding hydrogens is 284 g/mol. The zero-order valence-electron chi connectivity index (χ0n) is 12.2. The summed E-state index contributed by atoms with van der Waals surface area (Å²) in [7, 11) is 1.36. The molecule has 112 valence electrons. The number of esters is 1. The molecule has 0 heterocycles. The molecule has 1 fully saturated rings. The SMILES string of the molecule is COC(=O)C1(CC/C=C/Sc2ccccc2)CCCC1=O. The standard InChI is InChI=1S/C17H20O3S/c1-20-16(19)17(12-7-10-15(17)18)11-5-6-13-21-14-8-3-2-4-9-14/h2-4,6,8-9,13H,5,7,10-12H2,1H3/b13-6+. The number of methoxy groups -OCH3 is 1. The van der Waals surface area contributed by atoms with Crippen LogP contribution in [-0.4, -0.2) is 18.9 Å². The molecule has 1 atom stereocenters. The lowest BCUT2D eigenvalue weighted by molar-refractivity contribution is -0.156. The van der Waals surface area contributed by atoms with Crippen molar-refractivity contribution in [1.82, 2.24) is 0 Å². The molecule has 0 spiro atoms. The fourth-order valence-electron chi connectivity index (χ4n) is 2.73. The summed E-state index contributed by atoms with van der Waals surface area (Å²) in [5.41, 5.74) is -0.892. The topological polar surface area (TPSA) is 43.4 Å². The molecule has 1 aliphatic carbocycles. The summed E-state index contributed by atoms with van der Waals surface area (Å²) >= 11 is 1.64. The molecule has 1 aromatic carbocycles. The second-order valence-electron chi connectivity index (χ2n) is 5.19. The monoisotopic (exact) mass is 304 g/mol. The third kappa shape index (κ3) is 3.76. The van der Waals surface area contributed by atoms with E-state index in [1.165, 1.54) is 12.0 Å². The zero-order chi connectivity index (χ0) is 15.1. The van der Waals surface area contributed by atoms with Gasteiger partial charge in [-0.3, -0.25) is 9.59 Å². The molecule has 2 rings (SSSR count). The number of hydrogen-bond donors (Lipinski definition) is 0. The maximum absolute atomic E-state index is 12.1. The van der Waals surface area contributed by atoms with E-state index in [1.807, 2.05) is 41.8 Å². The number of benzene rings is 1. The van der Waals surface area contributed by atoms with Crippen molar-refractivity contribution < 1.29 is 14.3 Å². The highest BCUT2D eigenvalue weighted by molar-refractivity contribution is 8.02. The first-order chi connectivity index (χ1) is 10.2.